The second-order valence-corrected chi connectivity index (χ2v) is 9.32. The Balaban J connectivity index is 2.17. The molecule has 2 aromatic rings. The molecule has 0 fully saturated rings. The summed E-state index contributed by atoms with van der Waals surface area (Å²) in [7, 11) is -2.21. The Labute approximate surface area is 189 Å². The van der Waals surface area contributed by atoms with Gasteiger partial charge in [0.15, 0.2) is 0 Å². The molecule has 172 valence electrons. The van der Waals surface area contributed by atoms with Crippen LogP contribution in [0.1, 0.15) is 37.2 Å². The van der Waals surface area contributed by atoms with E-state index < -0.39 is 15.9 Å². The Morgan fingerprint density at radius 3 is 2.50 bits per heavy atom. The standard InChI is InChI=1S/C23H30N4O4S/c1-6-11-27-17(3)12-19(18(27)4)13-20(14-24)23(28)25-21-7-9-22(10-8-21)32(29,30)26-16(2)15-31-5/h7-10,12-13,16,26H,6,11,15H2,1-5H3,(H,25,28)/b20-13-. The van der Waals surface area contributed by atoms with Crippen LogP contribution in [0.4, 0.5) is 5.69 Å². The molecule has 0 spiro atoms. The number of benzene rings is 1. The van der Waals surface area contributed by atoms with Gasteiger partial charge in [-0.1, -0.05) is 6.92 Å². The van der Waals surface area contributed by atoms with Crippen LogP contribution in [-0.4, -0.2) is 38.7 Å². The summed E-state index contributed by atoms with van der Waals surface area (Å²) in [6.07, 6.45) is 2.56. The van der Waals surface area contributed by atoms with Crippen molar-refractivity contribution in [1.29, 1.82) is 5.26 Å². The molecule has 1 atom stereocenters. The molecule has 0 aliphatic carbocycles. The van der Waals surface area contributed by atoms with Gasteiger partial charge in [-0.3, -0.25) is 4.79 Å². The van der Waals surface area contributed by atoms with Gasteiger partial charge in [-0.15, -0.1) is 0 Å². The summed E-state index contributed by atoms with van der Waals surface area (Å²) in [6.45, 7) is 8.86. The van der Waals surface area contributed by atoms with Crippen molar-refractivity contribution in [3.8, 4) is 6.07 Å². The molecule has 1 heterocycles. The zero-order valence-corrected chi connectivity index (χ0v) is 19.9. The van der Waals surface area contributed by atoms with Crippen LogP contribution >= 0.6 is 0 Å². The first-order chi connectivity index (χ1) is 15.1. The second kappa shape index (κ2) is 11.1. The molecule has 1 amide bonds. The van der Waals surface area contributed by atoms with E-state index in [9.17, 15) is 18.5 Å². The first-order valence-corrected chi connectivity index (χ1v) is 11.8. The fraction of sp³-hybridized carbons (Fsp3) is 0.391. The number of hydrogen-bond donors (Lipinski definition) is 2. The smallest absolute Gasteiger partial charge is 0.266 e. The molecule has 0 bridgehead atoms. The summed E-state index contributed by atoms with van der Waals surface area (Å²) in [4.78, 5) is 12.7. The van der Waals surface area contributed by atoms with E-state index in [1.54, 1.807) is 13.0 Å². The van der Waals surface area contributed by atoms with Gasteiger partial charge in [0.25, 0.3) is 5.91 Å². The highest BCUT2D eigenvalue weighted by molar-refractivity contribution is 7.89. The lowest BCUT2D eigenvalue weighted by molar-refractivity contribution is -0.112. The van der Waals surface area contributed by atoms with Gasteiger partial charge in [-0.25, -0.2) is 13.1 Å². The first kappa shape index (κ1) is 25.3. The van der Waals surface area contributed by atoms with Crippen molar-refractivity contribution in [2.45, 2.75) is 51.6 Å². The molecule has 1 aromatic carbocycles. The molecule has 0 saturated heterocycles. The van der Waals surface area contributed by atoms with Crippen LogP contribution in [0.2, 0.25) is 0 Å². The highest BCUT2D eigenvalue weighted by Crippen LogP contribution is 2.20. The van der Waals surface area contributed by atoms with Gasteiger partial charge in [0.2, 0.25) is 10.0 Å². The number of nitriles is 1. The van der Waals surface area contributed by atoms with Crippen LogP contribution in [0, 0.1) is 25.2 Å². The van der Waals surface area contributed by atoms with E-state index >= 15 is 0 Å². The van der Waals surface area contributed by atoms with E-state index in [0.29, 0.717) is 5.69 Å². The number of nitrogens with zero attached hydrogens (tertiary/aromatic N) is 2. The Morgan fingerprint density at radius 1 is 1.28 bits per heavy atom. The Kier molecular flexibility index (Phi) is 8.78. The molecule has 0 aliphatic rings. The maximum Gasteiger partial charge on any atom is 0.266 e. The number of hydrogen-bond acceptors (Lipinski definition) is 5. The van der Waals surface area contributed by atoms with E-state index in [4.69, 9.17) is 4.74 Å². The maximum atomic E-state index is 12.6. The van der Waals surface area contributed by atoms with Gasteiger partial charge < -0.3 is 14.6 Å². The number of aryl methyl sites for hydroxylation is 1. The summed E-state index contributed by atoms with van der Waals surface area (Å²) in [5.74, 6) is -0.560. The summed E-state index contributed by atoms with van der Waals surface area (Å²) < 4.78 is 34.4. The molecule has 0 saturated carbocycles. The lowest BCUT2D eigenvalue weighted by Crippen LogP contribution is -2.35. The molecule has 0 radical (unpaired) electrons. The quantitative estimate of drug-likeness (QED) is 0.419. The minimum Gasteiger partial charge on any atom is -0.383 e. The fourth-order valence-electron chi connectivity index (χ4n) is 3.38. The highest BCUT2D eigenvalue weighted by Gasteiger charge is 2.18. The summed E-state index contributed by atoms with van der Waals surface area (Å²) >= 11 is 0. The van der Waals surface area contributed by atoms with Crippen LogP contribution in [0.3, 0.4) is 0 Å². The van der Waals surface area contributed by atoms with Gasteiger partial charge in [0.1, 0.15) is 11.6 Å². The number of sulfonamides is 1. The minimum atomic E-state index is -3.71. The number of aromatic nitrogens is 1. The van der Waals surface area contributed by atoms with E-state index in [-0.39, 0.29) is 23.1 Å². The number of carbonyl (C=O) groups excluding carboxylic acids is 1. The number of carbonyl (C=O) groups is 1. The molecule has 0 aliphatic heterocycles. The van der Waals surface area contributed by atoms with Crippen LogP contribution in [0.5, 0.6) is 0 Å². The van der Waals surface area contributed by atoms with Crippen molar-refractivity contribution in [2.24, 2.45) is 0 Å². The summed E-state index contributed by atoms with van der Waals surface area (Å²) in [5, 5.41) is 12.1. The molecule has 8 nitrogen and oxygen atoms in total. The van der Waals surface area contributed by atoms with Gasteiger partial charge >= 0.3 is 0 Å². The maximum absolute atomic E-state index is 12.6. The zero-order chi connectivity index (χ0) is 23.9. The average molecular weight is 459 g/mol. The average Bonchev–Trinajstić information content (AvgIpc) is 2.99. The normalized spacial score (nSPS) is 12.9. The molecule has 1 unspecified atom stereocenters. The third-order valence-electron chi connectivity index (χ3n) is 4.92. The number of rotatable bonds is 10. The van der Waals surface area contributed by atoms with E-state index in [1.807, 2.05) is 26.0 Å². The summed E-state index contributed by atoms with van der Waals surface area (Å²) in [5.41, 5.74) is 3.23. The van der Waals surface area contributed by atoms with Crippen LogP contribution in [0.15, 0.2) is 40.8 Å². The van der Waals surface area contributed by atoms with Gasteiger partial charge in [0.05, 0.1) is 11.5 Å². The first-order valence-electron chi connectivity index (χ1n) is 10.3. The number of nitrogens with one attached hydrogen (secondary N) is 2. The lowest BCUT2D eigenvalue weighted by Gasteiger charge is -2.13. The highest BCUT2D eigenvalue weighted by atomic mass is 32.2. The topological polar surface area (TPSA) is 113 Å². The second-order valence-electron chi connectivity index (χ2n) is 7.60. The van der Waals surface area contributed by atoms with Crippen molar-refractivity contribution in [3.05, 3.63) is 52.9 Å². The van der Waals surface area contributed by atoms with E-state index in [1.165, 1.54) is 31.4 Å². The van der Waals surface area contributed by atoms with Crippen molar-refractivity contribution >= 4 is 27.7 Å². The van der Waals surface area contributed by atoms with Crippen molar-refractivity contribution in [2.75, 3.05) is 19.0 Å². The number of amides is 1. The third-order valence-corrected chi connectivity index (χ3v) is 6.53. The summed E-state index contributed by atoms with van der Waals surface area (Å²) in [6, 6.07) is 9.27. The molecule has 2 rings (SSSR count). The predicted molar refractivity (Wildman–Crippen MR) is 125 cm³/mol. The van der Waals surface area contributed by atoms with Crippen molar-refractivity contribution in [3.63, 3.8) is 0 Å². The van der Waals surface area contributed by atoms with Crippen LogP contribution < -0.4 is 10.0 Å². The Hall–Kier alpha value is -2.93. The van der Waals surface area contributed by atoms with Crippen molar-refractivity contribution in [1.82, 2.24) is 9.29 Å². The molecular formula is C23H30N4O4S. The Morgan fingerprint density at radius 2 is 1.94 bits per heavy atom. The molecule has 1 aromatic heterocycles. The van der Waals surface area contributed by atoms with Gasteiger partial charge in [0, 0.05) is 36.8 Å². The monoisotopic (exact) mass is 458 g/mol. The molecule has 2 N–H and O–H groups in total. The van der Waals surface area contributed by atoms with Crippen LogP contribution in [-0.2, 0) is 26.1 Å². The number of ether oxygens (including phenoxy) is 1. The molecular weight excluding hydrogens is 428 g/mol. The third kappa shape index (κ3) is 6.29. The Bertz CT molecular complexity index is 1130. The SMILES string of the molecule is CCCn1c(C)cc(/C=C(/C#N)C(=O)Nc2ccc(S(=O)(=O)NC(C)COC)cc2)c1C. The van der Waals surface area contributed by atoms with Crippen LogP contribution in [0.25, 0.3) is 6.08 Å². The molecule has 9 heteroatoms. The number of anilines is 1. The van der Waals surface area contributed by atoms with Crippen molar-refractivity contribution < 1.29 is 17.9 Å². The zero-order valence-electron chi connectivity index (χ0n) is 19.1. The van der Waals surface area contributed by atoms with Gasteiger partial charge in [-0.2, -0.15) is 5.26 Å². The largest absolute Gasteiger partial charge is 0.383 e. The lowest BCUT2D eigenvalue weighted by atomic mass is 10.1. The fourth-order valence-corrected chi connectivity index (χ4v) is 4.61. The molecule has 32 heavy (non-hydrogen) atoms. The number of methoxy groups -OCH3 is 1. The van der Waals surface area contributed by atoms with Gasteiger partial charge in [-0.05, 0) is 69.2 Å². The predicted octanol–water partition coefficient (Wildman–Crippen LogP) is 3.37. The van der Waals surface area contributed by atoms with E-state index in [0.717, 1.165) is 29.9 Å². The minimum absolute atomic E-state index is 0.0338. The van der Waals surface area contributed by atoms with E-state index in [2.05, 4.69) is 21.5 Å².